The Hall–Kier alpha value is 0.620. The van der Waals surface area contributed by atoms with Crippen molar-refractivity contribution in [1.29, 1.82) is 0 Å². The van der Waals surface area contributed by atoms with Gasteiger partial charge in [0.1, 0.15) is 0 Å². The fraction of sp³-hybridized carbons (Fsp3) is 1.00. The number of rotatable bonds is 5. The molecule has 12 rings (SSSR count). The smallest absolute Gasteiger partial charge is 0.0652 e. The third-order valence-corrected chi connectivity index (χ3v) is 25.1. The van der Waals surface area contributed by atoms with Crippen LogP contribution < -0.4 is 0 Å². The van der Waals surface area contributed by atoms with Gasteiger partial charge in [-0.1, -0.05) is 77.0 Å². The highest BCUT2D eigenvalue weighted by Gasteiger charge is 2.60. The van der Waals surface area contributed by atoms with Crippen LogP contribution in [-0.2, 0) is 4.74 Å². The van der Waals surface area contributed by atoms with Gasteiger partial charge in [0.2, 0.25) is 0 Å². The number of fused-ring (bicyclic) bond motifs is 11. The summed E-state index contributed by atoms with van der Waals surface area (Å²) in [5.74, 6) is 12.0. The average Bonchev–Trinajstić information content (AvgIpc) is 3.96. The van der Waals surface area contributed by atoms with Crippen LogP contribution in [0.4, 0.5) is 0 Å². The quantitative estimate of drug-likeness (QED) is 0.274. The van der Waals surface area contributed by atoms with Crippen LogP contribution in [0.2, 0.25) is 0 Å². The molecule has 0 radical (unpaired) electrons. The first-order valence-electron chi connectivity index (χ1n) is 26.5. The Kier molecular flexibility index (Phi) is 11.2. The standard InChI is InChI=1S/C52H83NOS2/c1-2-15-37-32(11-1)12-8-18-38(37)33-25-27-35(28-26-33)53(45-22-10-21-43-40-16-3-5-23-46(40)56-52(43)45)36-14-7-13-34(31-36)39-19-9-20-41-42-29-30-48-49(51(42)54-50(39)41)44-17-4-6-24-47(44)55-48/h32-52H,1-31H2. The van der Waals surface area contributed by atoms with Crippen molar-refractivity contribution in [3.05, 3.63) is 0 Å². The molecule has 12 fully saturated rings. The Balaban J connectivity index is 0.790. The first kappa shape index (κ1) is 38.3. The highest BCUT2D eigenvalue weighted by atomic mass is 32.2. The van der Waals surface area contributed by atoms with E-state index in [4.69, 9.17) is 4.74 Å². The first-order chi connectivity index (χ1) is 27.8. The average molecular weight is 802 g/mol. The molecular formula is C52H83NOS2. The first-order valence-corrected chi connectivity index (χ1v) is 28.4. The molecule has 3 aliphatic heterocycles. The molecule has 19 atom stereocenters. The van der Waals surface area contributed by atoms with Crippen LogP contribution in [0.3, 0.4) is 0 Å². The number of hydrogen-bond acceptors (Lipinski definition) is 4. The molecule has 0 spiro atoms. The van der Waals surface area contributed by atoms with Crippen LogP contribution in [0.15, 0.2) is 0 Å². The lowest BCUT2D eigenvalue weighted by Crippen LogP contribution is -2.58. The van der Waals surface area contributed by atoms with Gasteiger partial charge in [0.05, 0.1) is 12.2 Å². The Morgan fingerprint density at radius 1 is 0.339 bits per heavy atom. The number of thioether (sulfide) groups is 2. The minimum Gasteiger partial charge on any atom is -0.374 e. The van der Waals surface area contributed by atoms with Crippen molar-refractivity contribution in [2.75, 3.05) is 0 Å². The highest BCUT2D eigenvalue weighted by molar-refractivity contribution is 8.01. The van der Waals surface area contributed by atoms with E-state index in [9.17, 15) is 0 Å². The van der Waals surface area contributed by atoms with Crippen molar-refractivity contribution in [2.24, 2.45) is 71.0 Å². The maximum absolute atomic E-state index is 7.71. The van der Waals surface area contributed by atoms with Gasteiger partial charge in [0.15, 0.2) is 0 Å². The maximum atomic E-state index is 7.71. The van der Waals surface area contributed by atoms with Gasteiger partial charge in [0, 0.05) is 45.0 Å². The second-order valence-corrected chi connectivity index (χ2v) is 26.4. The van der Waals surface area contributed by atoms with Gasteiger partial charge in [-0.05, 0) is 187 Å². The second-order valence-electron chi connectivity index (χ2n) is 23.5. The van der Waals surface area contributed by atoms with Crippen molar-refractivity contribution in [3.8, 4) is 0 Å². The summed E-state index contributed by atoms with van der Waals surface area (Å²) in [7, 11) is 0. The van der Waals surface area contributed by atoms with Gasteiger partial charge in [-0.15, -0.1) is 0 Å². The lowest BCUT2D eigenvalue weighted by molar-refractivity contribution is -0.0808. The van der Waals surface area contributed by atoms with Crippen LogP contribution in [-0.4, -0.2) is 56.2 Å². The second kappa shape index (κ2) is 16.4. The zero-order valence-corrected chi connectivity index (χ0v) is 37.3. The minimum atomic E-state index is 0.615. The van der Waals surface area contributed by atoms with E-state index in [1.807, 2.05) is 0 Å². The van der Waals surface area contributed by atoms with E-state index in [1.54, 1.807) is 83.5 Å². The molecule has 0 amide bonds. The summed E-state index contributed by atoms with van der Waals surface area (Å²) in [5.41, 5.74) is 0. The highest BCUT2D eigenvalue weighted by Crippen LogP contribution is 2.63. The predicted octanol–water partition coefficient (Wildman–Crippen LogP) is 13.7. The topological polar surface area (TPSA) is 12.5 Å². The van der Waals surface area contributed by atoms with E-state index in [2.05, 4.69) is 28.4 Å². The lowest BCUT2D eigenvalue weighted by atomic mass is 9.59. The normalized spacial score (nSPS) is 55.6. The number of hydrogen-bond donors (Lipinski definition) is 0. The minimum absolute atomic E-state index is 0.615. The fourth-order valence-electron chi connectivity index (χ4n) is 19.3. The summed E-state index contributed by atoms with van der Waals surface area (Å²) in [4.78, 5) is 3.47. The third-order valence-electron chi connectivity index (χ3n) is 21.4. The summed E-state index contributed by atoms with van der Waals surface area (Å²) in [6, 6.07) is 2.64. The van der Waals surface area contributed by atoms with Crippen LogP contribution >= 0.6 is 23.5 Å². The van der Waals surface area contributed by atoms with Crippen molar-refractivity contribution in [2.45, 2.75) is 250 Å². The number of nitrogens with zero attached hydrogens (tertiary/aromatic N) is 1. The lowest BCUT2D eigenvalue weighted by Gasteiger charge is -2.54. The van der Waals surface area contributed by atoms with Gasteiger partial charge < -0.3 is 4.74 Å². The van der Waals surface area contributed by atoms with Gasteiger partial charge in [-0.25, -0.2) is 0 Å². The molecule has 314 valence electrons. The molecular weight excluding hydrogens is 719 g/mol. The molecule has 3 saturated heterocycles. The monoisotopic (exact) mass is 802 g/mol. The summed E-state index contributed by atoms with van der Waals surface area (Å²) in [6.45, 7) is 0. The number of ether oxygens (including phenoxy) is 1. The van der Waals surface area contributed by atoms with E-state index < -0.39 is 0 Å². The molecule has 0 aromatic rings. The molecule has 12 aliphatic rings. The SMILES string of the molecule is C1CCC2C(C1)CCCC2C1CCC(N(C2CCCC(C3CCCC4C5CCC6SC7CCCCC7C6C5OC34)C2)C2CCCC3C4CCCCC4SC32)CC1. The zero-order valence-electron chi connectivity index (χ0n) is 35.7. The van der Waals surface area contributed by atoms with Crippen LogP contribution in [0.1, 0.15) is 199 Å². The van der Waals surface area contributed by atoms with Crippen molar-refractivity contribution < 1.29 is 4.74 Å². The summed E-state index contributed by atoms with van der Waals surface area (Å²) < 4.78 is 7.71. The van der Waals surface area contributed by atoms with Crippen LogP contribution in [0.5, 0.6) is 0 Å². The largest absolute Gasteiger partial charge is 0.374 e. The third kappa shape index (κ3) is 6.74. The molecule has 0 aromatic carbocycles. The van der Waals surface area contributed by atoms with Gasteiger partial charge in [-0.3, -0.25) is 4.90 Å². The van der Waals surface area contributed by atoms with Gasteiger partial charge in [0.25, 0.3) is 0 Å². The van der Waals surface area contributed by atoms with Crippen LogP contribution in [0.25, 0.3) is 0 Å². The molecule has 0 aromatic heterocycles. The van der Waals surface area contributed by atoms with E-state index in [1.165, 1.54) is 116 Å². The molecule has 2 nitrogen and oxygen atoms in total. The zero-order chi connectivity index (χ0) is 36.7. The summed E-state index contributed by atoms with van der Waals surface area (Å²) >= 11 is 5.04. The Morgan fingerprint density at radius 2 is 0.929 bits per heavy atom. The predicted molar refractivity (Wildman–Crippen MR) is 237 cm³/mol. The molecule has 9 saturated carbocycles. The van der Waals surface area contributed by atoms with Crippen molar-refractivity contribution in [3.63, 3.8) is 0 Å². The molecule has 3 heterocycles. The molecule has 19 unspecified atom stereocenters. The van der Waals surface area contributed by atoms with Crippen molar-refractivity contribution in [1.82, 2.24) is 4.90 Å². The van der Waals surface area contributed by atoms with E-state index in [-0.39, 0.29) is 0 Å². The van der Waals surface area contributed by atoms with Crippen molar-refractivity contribution >= 4 is 23.5 Å². The molecule has 4 heteroatoms. The molecule has 0 N–H and O–H groups in total. The summed E-state index contributed by atoms with van der Waals surface area (Å²) in [6.07, 6.45) is 48.9. The molecule has 9 aliphatic carbocycles. The fourth-order valence-corrected chi connectivity index (χ4v) is 23.6. The Labute approximate surface area is 352 Å². The van der Waals surface area contributed by atoms with Gasteiger partial charge in [-0.2, -0.15) is 23.5 Å². The summed E-state index contributed by atoms with van der Waals surface area (Å²) in [5, 5.41) is 3.88. The Bertz CT molecular complexity index is 1350. The Morgan fingerprint density at radius 3 is 1.80 bits per heavy atom. The maximum Gasteiger partial charge on any atom is 0.0652 e. The van der Waals surface area contributed by atoms with Gasteiger partial charge >= 0.3 is 0 Å². The van der Waals surface area contributed by atoms with Crippen LogP contribution in [0, 0.1) is 71.0 Å². The molecule has 0 bridgehead atoms. The van der Waals surface area contributed by atoms with E-state index in [0.717, 1.165) is 110 Å². The molecule has 56 heavy (non-hydrogen) atoms. The van der Waals surface area contributed by atoms with E-state index >= 15 is 0 Å². The van der Waals surface area contributed by atoms with E-state index in [0.29, 0.717) is 12.2 Å².